The van der Waals surface area contributed by atoms with Gasteiger partial charge in [0.15, 0.2) is 0 Å². The summed E-state index contributed by atoms with van der Waals surface area (Å²) in [6.07, 6.45) is 9.59. The molecule has 6 aliphatic carbocycles. The maximum Gasteiger partial charge on any atom is 0.343 e. The van der Waals surface area contributed by atoms with Crippen molar-refractivity contribution in [3.05, 3.63) is 46.6 Å². The molecule has 2 N–H and O–H groups in total. The minimum atomic E-state index is -1.20. The maximum absolute atomic E-state index is 12.7. The summed E-state index contributed by atoms with van der Waals surface area (Å²) in [6.45, 7) is 0. The summed E-state index contributed by atoms with van der Waals surface area (Å²) in [5.74, 6) is -5.88. The first kappa shape index (κ1) is 17.5. The van der Waals surface area contributed by atoms with E-state index in [9.17, 15) is 29.4 Å². The van der Waals surface area contributed by atoms with E-state index in [1.54, 1.807) is 24.3 Å². The number of carbonyl (C=O) groups is 4. The van der Waals surface area contributed by atoms with Gasteiger partial charge in [-0.2, -0.15) is 0 Å². The Morgan fingerprint density at radius 2 is 0.926 bits per heavy atom. The van der Waals surface area contributed by atoms with Crippen molar-refractivity contribution in [2.45, 2.75) is 25.7 Å². The van der Waals surface area contributed by atoms with Gasteiger partial charge in [-0.25, -0.2) is 19.2 Å². The number of allylic oxidation sites excluding steroid dienone is 4. The minimum Gasteiger partial charge on any atom is -0.478 e. The zero-order chi connectivity index (χ0) is 19.3. The minimum absolute atomic E-state index is 0.00332. The van der Waals surface area contributed by atoms with Gasteiger partial charge in [0.05, 0.1) is 22.3 Å². The van der Waals surface area contributed by atoms with Crippen molar-refractivity contribution in [3.63, 3.8) is 0 Å². The SMILES string of the molecule is O=C(O)C1=C(C(=O)OC(=O)C2=C(C(=O)O)C3C=CC2CC3)C2C=CC1CC2. The molecule has 6 aliphatic rings. The molecule has 6 rings (SSSR count). The van der Waals surface area contributed by atoms with Gasteiger partial charge in [0, 0.05) is 23.7 Å². The van der Waals surface area contributed by atoms with Crippen LogP contribution in [0, 0.1) is 23.7 Å². The molecule has 27 heavy (non-hydrogen) atoms. The van der Waals surface area contributed by atoms with Crippen molar-refractivity contribution in [1.82, 2.24) is 0 Å². The second kappa shape index (κ2) is 6.33. The van der Waals surface area contributed by atoms with Crippen LogP contribution >= 0.6 is 0 Å². The van der Waals surface area contributed by atoms with Crippen molar-refractivity contribution >= 4 is 23.9 Å². The number of carboxylic acid groups (broad SMARTS) is 2. The predicted octanol–water partition coefficient (Wildman–Crippen LogP) is 2.01. The maximum atomic E-state index is 12.7. The number of carboxylic acids is 2. The van der Waals surface area contributed by atoms with Gasteiger partial charge in [-0.05, 0) is 25.7 Å². The van der Waals surface area contributed by atoms with Crippen LogP contribution in [0.3, 0.4) is 0 Å². The molecule has 4 bridgehead atoms. The van der Waals surface area contributed by atoms with E-state index in [1.807, 2.05) is 0 Å². The highest BCUT2D eigenvalue weighted by Gasteiger charge is 2.42. The molecule has 0 aliphatic heterocycles. The third kappa shape index (κ3) is 2.74. The predicted molar refractivity (Wildman–Crippen MR) is 91.1 cm³/mol. The van der Waals surface area contributed by atoms with Crippen LogP contribution in [0.4, 0.5) is 0 Å². The van der Waals surface area contributed by atoms with Crippen LogP contribution in [0.25, 0.3) is 0 Å². The van der Waals surface area contributed by atoms with Crippen molar-refractivity contribution in [2.24, 2.45) is 23.7 Å². The Labute approximate surface area is 154 Å². The number of aliphatic carboxylic acids is 2. The van der Waals surface area contributed by atoms with E-state index in [-0.39, 0.29) is 34.1 Å². The summed E-state index contributed by atoms with van der Waals surface area (Å²) in [5.41, 5.74) is -0.0414. The van der Waals surface area contributed by atoms with E-state index in [0.717, 1.165) is 0 Å². The zero-order valence-corrected chi connectivity index (χ0v) is 14.4. The van der Waals surface area contributed by atoms with E-state index in [4.69, 9.17) is 4.74 Å². The smallest absolute Gasteiger partial charge is 0.343 e. The fraction of sp³-hybridized carbons (Fsp3) is 0.400. The lowest BCUT2D eigenvalue weighted by molar-refractivity contribution is -0.156. The van der Waals surface area contributed by atoms with Crippen molar-refractivity contribution in [1.29, 1.82) is 0 Å². The molecule has 0 fully saturated rings. The number of carbonyl (C=O) groups excluding carboxylic acids is 2. The number of ether oxygens (including phenoxy) is 1. The molecule has 0 saturated heterocycles. The third-order valence-corrected chi connectivity index (χ3v) is 5.88. The van der Waals surface area contributed by atoms with Gasteiger partial charge in [0.1, 0.15) is 0 Å². The van der Waals surface area contributed by atoms with Gasteiger partial charge >= 0.3 is 23.9 Å². The van der Waals surface area contributed by atoms with Gasteiger partial charge in [-0.15, -0.1) is 0 Å². The molecule has 0 spiro atoms. The second-order valence-electron chi connectivity index (χ2n) is 7.29. The van der Waals surface area contributed by atoms with Gasteiger partial charge in [0.25, 0.3) is 0 Å². The molecule has 0 heterocycles. The van der Waals surface area contributed by atoms with Crippen LogP contribution < -0.4 is 0 Å². The van der Waals surface area contributed by atoms with E-state index in [1.165, 1.54) is 0 Å². The molecule has 0 aromatic rings. The standard InChI is InChI=1S/C20H18O7/c21-17(22)13-9-1-5-11(6-2-9)15(13)19(25)27-20(26)16-12-7-3-10(4-8-12)14(16)18(23)24/h1,3,5,7,9-12H,2,4,6,8H2,(H,21,22)(H,23,24). The highest BCUT2D eigenvalue weighted by molar-refractivity contribution is 6.09. The quantitative estimate of drug-likeness (QED) is 0.441. The molecule has 7 heteroatoms. The van der Waals surface area contributed by atoms with E-state index in [2.05, 4.69) is 0 Å². The number of esters is 2. The molecule has 0 aromatic carbocycles. The normalized spacial score (nSPS) is 30.7. The lowest BCUT2D eigenvalue weighted by Crippen LogP contribution is -2.35. The highest BCUT2D eigenvalue weighted by Crippen LogP contribution is 2.43. The number of rotatable bonds is 4. The largest absolute Gasteiger partial charge is 0.478 e. The van der Waals surface area contributed by atoms with Crippen LogP contribution in [0.5, 0.6) is 0 Å². The Bertz CT molecular complexity index is 814. The van der Waals surface area contributed by atoms with Gasteiger partial charge in [0.2, 0.25) is 0 Å². The number of hydrogen-bond donors (Lipinski definition) is 2. The fourth-order valence-corrected chi connectivity index (χ4v) is 4.67. The molecular formula is C20H18O7. The van der Waals surface area contributed by atoms with Gasteiger partial charge in [-0.1, -0.05) is 24.3 Å². The summed E-state index contributed by atoms with van der Waals surface area (Å²) in [5, 5.41) is 19.0. The van der Waals surface area contributed by atoms with Crippen molar-refractivity contribution < 1.29 is 34.1 Å². The van der Waals surface area contributed by atoms with E-state index < -0.39 is 35.7 Å². The lowest BCUT2D eigenvalue weighted by atomic mass is 9.71. The Morgan fingerprint density at radius 1 is 0.630 bits per heavy atom. The molecule has 140 valence electrons. The summed E-state index contributed by atoms with van der Waals surface area (Å²) in [4.78, 5) is 48.5. The molecule has 4 atom stereocenters. The fourth-order valence-electron chi connectivity index (χ4n) is 4.67. The van der Waals surface area contributed by atoms with Crippen LogP contribution in [-0.4, -0.2) is 34.1 Å². The van der Waals surface area contributed by atoms with E-state index in [0.29, 0.717) is 25.7 Å². The van der Waals surface area contributed by atoms with Gasteiger partial charge < -0.3 is 14.9 Å². The first-order valence-corrected chi connectivity index (χ1v) is 8.96. The number of hydrogen-bond acceptors (Lipinski definition) is 5. The first-order valence-electron chi connectivity index (χ1n) is 8.96. The van der Waals surface area contributed by atoms with E-state index >= 15 is 0 Å². The molecule has 0 aromatic heterocycles. The average Bonchev–Trinajstić information content (AvgIpc) is 2.67. The molecule has 0 radical (unpaired) electrons. The monoisotopic (exact) mass is 370 g/mol. The lowest BCUT2D eigenvalue weighted by Gasteiger charge is -2.34. The molecule has 0 amide bonds. The highest BCUT2D eigenvalue weighted by atomic mass is 16.6. The Hall–Kier alpha value is -2.96. The third-order valence-electron chi connectivity index (χ3n) is 5.88. The van der Waals surface area contributed by atoms with Gasteiger partial charge in [-0.3, -0.25) is 0 Å². The molecular weight excluding hydrogens is 352 g/mol. The molecule has 4 unspecified atom stereocenters. The summed E-state index contributed by atoms with van der Waals surface area (Å²) in [6, 6.07) is 0. The Morgan fingerprint density at radius 3 is 1.19 bits per heavy atom. The van der Waals surface area contributed by atoms with Crippen LogP contribution in [0.15, 0.2) is 46.6 Å². The Kier molecular flexibility index (Phi) is 4.09. The van der Waals surface area contributed by atoms with Crippen molar-refractivity contribution in [3.8, 4) is 0 Å². The molecule has 7 nitrogen and oxygen atoms in total. The Balaban J connectivity index is 1.64. The summed E-state index contributed by atoms with van der Waals surface area (Å²) < 4.78 is 5.01. The topological polar surface area (TPSA) is 118 Å². The summed E-state index contributed by atoms with van der Waals surface area (Å²) >= 11 is 0. The number of fused-ring (bicyclic) bond motifs is 2. The first-order chi connectivity index (χ1) is 12.9. The zero-order valence-electron chi connectivity index (χ0n) is 14.4. The van der Waals surface area contributed by atoms with Crippen LogP contribution in [0.1, 0.15) is 25.7 Å². The summed E-state index contributed by atoms with van der Waals surface area (Å²) in [7, 11) is 0. The van der Waals surface area contributed by atoms with Crippen LogP contribution in [0.2, 0.25) is 0 Å². The van der Waals surface area contributed by atoms with Crippen LogP contribution in [-0.2, 0) is 23.9 Å². The molecule has 0 saturated carbocycles. The van der Waals surface area contributed by atoms with Crippen molar-refractivity contribution in [2.75, 3.05) is 0 Å². The average molecular weight is 370 g/mol. The second-order valence-corrected chi connectivity index (χ2v) is 7.29.